The van der Waals surface area contributed by atoms with Gasteiger partial charge in [-0.25, -0.2) is 9.98 Å². The first-order chi connectivity index (χ1) is 12.0. The van der Waals surface area contributed by atoms with Gasteiger partial charge in [0.2, 0.25) is 0 Å². The van der Waals surface area contributed by atoms with Crippen molar-refractivity contribution in [2.45, 2.75) is 37.1 Å². The molecule has 0 bridgehead atoms. The van der Waals surface area contributed by atoms with Gasteiger partial charge in [0.15, 0.2) is 5.96 Å². The number of aromatic nitrogens is 1. The Morgan fingerprint density at radius 2 is 2.23 bits per heavy atom. The molecule has 2 aromatic heterocycles. The van der Waals surface area contributed by atoms with Crippen LogP contribution in [0.15, 0.2) is 37.5 Å². The van der Waals surface area contributed by atoms with Gasteiger partial charge in [0.05, 0.1) is 6.54 Å². The molecule has 146 valence electrons. The lowest BCUT2D eigenvalue weighted by atomic mass is 10.0. The molecule has 0 saturated heterocycles. The van der Waals surface area contributed by atoms with Crippen LogP contribution >= 0.6 is 47.1 Å². The van der Waals surface area contributed by atoms with Crippen LogP contribution < -0.4 is 10.6 Å². The van der Waals surface area contributed by atoms with Crippen molar-refractivity contribution < 1.29 is 9.52 Å². The van der Waals surface area contributed by atoms with E-state index in [1.807, 2.05) is 31.5 Å². The first-order valence-electron chi connectivity index (χ1n) is 8.35. The molecule has 26 heavy (non-hydrogen) atoms. The molecule has 0 aliphatic carbocycles. The van der Waals surface area contributed by atoms with Crippen molar-refractivity contribution in [2.75, 3.05) is 25.4 Å². The molecule has 0 fully saturated rings. The van der Waals surface area contributed by atoms with E-state index in [2.05, 4.69) is 20.6 Å². The van der Waals surface area contributed by atoms with Crippen LogP contribution in [0.2, 0.25) is 0 Å². The van der Waals surface area contributed by atoms with E-state index in [1.165, 1.54) is 0 Å². The predicted octanol–water partition coefficient (Wildman–Crippen LogP) is 3.61. The normalized spacial score (nSPS) is 13.8. The topological polar surface area (TPSA) is 82.7 Å². The largest absolute Gasteiger partial charge is 0.463 e. The highest BCUT2D eigenvalue weighted by atomic mass is 127. The van der Waals surface area contributed by atoms with Crippen LogP contribution in [0, 0.1) is 6.92 Å². The molecule has 2 aromatic rings. The number of aliphatic imine (C=N–C) groups is 1. The van der Waals surface area contributed by atoms with Gasteiger partial charge in [-0.05, 0) is 39.3 Å². The van der Waals surface area contributed by atoms with Crippen molar-refractivity contribution in [1.29, 1.82) is 0 Å². The summed E-state index contributed by atoms with van der Waals surface area (Å²) in [5.41, 5.74) is -1.13. The molecule has 0 aromatic carbocycles. The van der Waals surface area contributed by atoms with E-state index >= 15 is 0 Å². The zero-order valence-corrected chi connectivity index (χ0v) is 19.3. The molecular formula is C17H27IN4O2S2. The molecule has 9 heteroatoms. The monoisotopic (exact) mass is 510 g/mol. The summed E-state index contributed by atoms with van der Waals surface area (Å²) in [6, 6.07) is 3.64. The van der Waals surface area contributed by atoms with E-state index in [4.69, 9.17) is 4.42 Å². The molecule has 2 heterocycles. The standard InChI is InChI=1S/C17H26N4O2S2.HI/c1-4-18-15(19-8-5-10-24-16-20-9-11-25-16)21-12-17(3,22)14-7-6-13(2)23-14;/h6-7,9,11,22H,4-5,8,10,12H2,1-3H3,(H2,18,19,21);1H. The lowest BCUT2D eigenvalue weighted by molar-refractivity contribution is 0.0428. The van der Waals surface area contributed by atoms with Crippen LogP contribution in [0.1, 0.15) is 31.8 Å². The summed E-state index contributed by atoms with van der Waals surface area (Å²) in [4.78, 5) is 8.74. The van der Waals surface area contributed by atoms with Crippen molar-refractivity contribution >= 4 is 53.0 Å². The van der Waals surface area contributed by atoms with Crippen LogP contribution in [0.4, 0.5) is 0 Å². The first-order valence-corrected chi connectivity index (χ1v) is 10.2. The molecule has 0 amide bonds. The fraction of sp³-hybridized carbons (Fsp3) is 0.529. The molecule has 1 atom stereocenters. The highest BCUT2D eigenvalue weighted by Gasteiger charge is 2.26. The first kappa shape index (κ1) is 23.3. The average Bonchev–Trinajstić information content (AvgIpc) is 3.24. The number of nitrogens with one attached hydrogen (secondary N) is 2. The number of hydrogen-bond acceptors (Lipinski definition) is 6. The van der Waals surface area contributed by atoms with Crippen molar-refractivity contribution in [3.63, 3.8) is 0 Å². The number of hydrogen-bond donors (Lipinski definition) is 3. The van der Waals surface area contributed by atoms with Gasteiger partial charge >= 0.3 is 0 Å². The Bertz CT molecular complexity index is 660. The number of aliphatic hydroxyl groups is 1. The molecule has 0 radical (unpaired) electrons. The van der Waals surface area contributed by atoms with Crippen LogP contribution in [0.25, 0.3) is 0 Å². The second kappa shape index (κ2) is 11.8. The molecule has 6 nitrogen and oxygen atoms in total. The minimum Gasteiger partial charge on any atom is -0.463 e. The summed E-state index contributed by atoms with van der Waals surface area (Å²) in [7, 11) is 0. The van der Waals surface area contributed by atoms with E-state index in [0.29, 0.717) is 11.7 Å². The summed E-state index contributed by atoms with van der Waals surface area (Å²) >= 11 is 3.43. The van der Waals surface area contributed by atoms with Crippen LogP contribution in [0.5, 0.6) is 0 Å². The quantitative estimate of drug-likeness (QED) is 0.157. The third-order valence-corrected chi connectivity index (χ3v) is 5.46. The Morgan fingerprint density at radius 1 is 1.42 bits per heavy atom. The van der Waals surface area contributed by atoms with E-state index in [-0.39, 0.29) is 30.5 Å². The van der Waals surface area contributed by atoms with Crippen molar-refractivity contribution in [3.8, 4) is 0 Å². The summed E-state index contributed by atoms with van der Waals surface area (Å²) in [5.74, 6) is 3.01. The zero-order chi connectivity index (χ0) is 18.1. The molecule has 2 rings (SSSR count). The highest BCUT2D eigenvalue weighted by Crippen LogP contribution is 2.23. The highest BCUT2D eigenvalue weighted by molar-refractivity contribution is 14.0. The van der Waals surface area contributed by atoms with E-state index in [0.717, 1.165) is 35.4 Å². The second-order valence-electron chi connectivity index (χ2n) is 5.81. The number of aryl methyl sites for hydroxylation is 1. The van der Waals surface area contributed by atoms with Crippen molar-refractivity contribution in [3.05, 3.63) is 35.2 Å². The number of nitrogens with zero attached hydrogens (tertiary/aromatic N) is 2. The van der Waals surface area contributed by atoms with E-state index in [9.17, 15) is 5.11 Å². The number of guanidine groups is 1. The molecule has 1 unspecified atom stereocenters. The molecule has 0 saturated carbocycles. The predicted molar refractivity (Wildman–Crippen MR) is 120 cm³/mol. The number of furan rings is 1. The Balaban J connectivity index is 0.00000338. The van der Waals surface area contributed by atoms with Crippen LogP contribution in [0.3, 0.4) is 0 Å². The van der Waals surface area contributed by atoms with Gasteiger partial charge in [0.1, 0.15) is 21.5 Å². The SMILES string of the molecule is CCNC(=NCC(C)(O)c1ccc(C)o1)NCCCSc1nccs1.I. The van der Waals surface area contributed by atoms with Crippen LogP contribution in [-0.2, 0) is 5.60 Å². The Labute approximate surface area is 180 Å². The zero-order valence-electron chi connectivity index (χ0n) is 15.3. The molecule has 0 aliphatic heterocycles. The van der Waals surface area contributed by atoms with Gasteiger partial charge in [0.25, 0.3) is 0 Å². The third kappa shape index (κ3) is 7.85. The average molecular weight is 510 g/mol. The van der Waals surface area contributed by atoms with Crippen LogP contribution in [-0.4, -0.2) is 41.4 Å². The van der Waals surface area contributed by atoms with Gasteiger partial charge < -0.3 is 20.2 Å². The summed E-state index contributed by atoms with van der Waals surface area (Å²) in [6.45, 7) is 7.39. The molecule has 0 aliphatic rings. The molecule has 3 N–H and O–H groups in total. The van der Waals surface area contributed by atoms with Gasteiger partial charge in [-0.15, -0.1) is 35.3 Å². The number of rotatable bonds is 9. The van der Waals surface area contributed by atoms with Gasteiger partial charge in [-0.1, -0.05) is 11.8 Å². The molecule has 0 spiro atoms. The fourth-order valence-corrected chi connectivity index (χ4v) is 3.74. The number of halogens is 1. The number of thiazole rings is 1. The van der Waals surface area contributed by atoms with Crippen molar-refractivity contribution in [1.82, 2.24) is 15.6 Å². The Morgan fingerprint density at radius 3 is 2.85 bits per heavy atom. The fourth-order valence-electron chi connectivity index (χ4n) is 2.10. The smallest absolute Gasteiger partial charge is 0.191 e. The Hall–Kier alpha value is -0.780. The summed E-state index contributed by atoms with van der Waals surface area (Å²) < 4.78 is 6.62. The van der Waals surface area contributed by atoms with Gasteiger partial charge in [0, 0.05) is 30.4 Å². The summed E-state index contributed by atoms with van der Waals surface area (Å²) in [6.07, 6.45) is 2.83. The van der Waals surface area contributed by atoms with Crippen molar-refractivity contribution in [2.24, 2.45) is 4.99 Å². The minimum absolute atomic E-state index is 0. The lowest BCUT2D eigenvalue weighted by Gasteiger charge is -2.19. The summed E-state index contributed by atoms with van der Waals surface area (Å²) in [5, 5.41) is 19.0. The Kier molecular flexibility index (Phi) is 10.6. The second-order valence-corrected chi connectivity index (χ2v) is 8.04. The molecular weight excluding hydrogens is 483 g/mol. The maximum atomic E-state index is 10.6. The maximum Gasteiger partial charge on any atom is 0.191 e. The lowest BCUT2D eigenvalue weighted by Crippen LogP contribution is -2.39. The van der Waals surface area contributed by atoms with Gasteiger partial charge in [-0.3, -0.25) is 0 Å². The van der Waals surface area contributed by atoms with Gasteiger partial charge in [-0.2, -0.15) is 0 Å². The number of thioether (sulfide) groups is 1. The van der Waals surface area contributed by atoms with E-state index < -0.39 is 5.60 Å². The third-order valence-electron chi connectivity index (χ3n) is 3.41. The minimum atomic E-state index is -1.13. The van der Waals surface area contributed by atoms with E-state index in [1.54, 1.807) is 36.1 Å². The maximum absolute atomic E-state index is 10.6.